The van der Waals surface area contributed by atoms with Gasteiger partial charge in [0.25, 0.3) is 0 Å². The lowest BCUT2D eigenvalue weighted by Gasteiger charge is -2.11. The molecule has 0 amide bonds. The van der Waals surface area contributed by atoms with E-state index in [1.807, 2.05) is 0 Å². The third kappa shape index (κ3) is 6.53. The van der Waals surface area contributed by atoms with Gasteiger partial charge < -0.3 is 27.0 Å². The molecule has 0 aliphatic rings. The highest BCUT2D eigenvalue weighted by atomic mass is 31.2. The first kappa shape index (κ1) is 12.4. The number of hydrogen-bond donors (Lipinski definition) is 5. The Bertz CT molecular complexity index is 222. The summed E-state index contributed by atoms with van der Waals surface area (Å²) < 4.78 is 10.5. The van der Waals surface area contributed by atoms with Crippen molar-refractivity contribution in [3.8, 4) is 0 Å². The molecule has 0 aromatic carbocycles. The third-order valence-electron chi connectivity index (χ3n) is 1.38. The van der Waals surface area contributed by atoms with Crippen LogP contribution in [-0.2, 0) is 4.57 Å². The Hall–Kier alpha value is -0.620. The molecule has 0 spiro atoms. The molecule has 78 valence electrons. The summed E-state index contributed by atoms with van der Waals surface area (Å²) in [5.74, 6) is -1.16. The lowest BCUT2D eigenvalue weighted by atomic mass is 10.3. The van der Waals surface area contributed by atoms with Gasteiger partial charge in [-0.2, -0.15) is 0 Å². The summed E-state index contributed by atoms with van der Waals surface area (Å²) in [6.45, 7) is 0.329. The Labute approximate surface area is 76.2 Å². The molecule has 0 aromatic rings. The molecular weight excluding hydrogens is 195 g/mol. The highest BCUT2D eigenvalue weighted by molar-refractivity contribution is 7.52. The maximum atomic E-state index is 10.5. The molecule has 8 N–H and O–H groups in total. The van der Waals surface area contributed by atoms with Crippen LogP contribution in [0.2, 0.25) is 0 Å². The average Bonchev–Trinajstić information content (AvgIpc) is 1.95. The van der Waals surface area contributed by atoms with E-state index in [0.717, 1.165) is 0 Å². The van der Waals surface area contributed by atoms with E-state index in [1.54, 1.807) is 0 Å². The van der Waals surface area contributed by atoms with E-state index in [1.165, 1.54) is 0 Å². The van der Waals surface area contributed by atoms with Crippen molar-refractivity contribution in [2.45, 2.75) is 18.6 Å². The van der Waals surface area contributed by atoms with Gasteiger partial charge in [0.15, 0.2) is 5.96 Å². The van der Waals surface area contributed by atoms with Gasteiger partial charge in [-0.05, 0) is 12.8 Å². The summed E-state index contributed by atoms with van der Waals surface area (Å²) in [4.78, 5) is 20.8. The SMILES string of the molecule is NC(N)=NCCC[C@H](N)P(=O)(O)O. The second-order valence-corrected chi connectivity index (χ2v) is 4.45. The van der Waals surface area contributed by atoms with Gasteiger partial charge in [0.2, 0.25) is 0 Å². The Morgan fingerprint density at radius 3 is 2.38 bits per heavy atom. The van der Waals surface area contributed by atoms with Gasteiger partial charge in [-0.1, -0.05) is 0 Å². The van der Waals surface area contributed by atoms with Crippen LogP contribution in [0.25, 0.3) is 0 Å². The standard InChI is InChI=1S/C5H15N4O3P/c6-4(13(10,11)12)2-1-3-9-5(7)8/h4H,1-3,6H2,(H4,7,8,9)(H2,10,11,12)/t4-/m1/s1. The Morgan fingerprint density at radius 2 is 2.00 bits per heavy atom. The van der Waals surface area contributed by atoms with Crippen LogP contribution in [-0.4, -0.2) is 28.1 Å². The molecule has 0 saturated carbocycles. The molecule has 0 aliphatic heterocycles. The summed E-state index contributed by atoms with van der Waals surface area (Å²) in [5.41, 5.74) is 15.3. The fourth-order valence-corrected chi connectivity index (χ4v) is 1.20. The van der Waals surface area contributed by atoms with E-state index in [-0.39, 0.29) is 12.4 Å². The first-order valence-electron chi connectivity index (χ1n) is 3.70. The molecule has 8 heteroatoms. The molecular formula is C5H15N4O3P. The summed E-state index contributed by atoms with van der Waals surface area (Å²) >= 11 is 0. The first-order chi connectivity index (χ1) is 5.84. The van der Waals surface area contributed by atoms with E-state index in [2.05, 4.69) is 4.99 Å². The van der Waals surface area contributed by atoms with Crippen LogP contribution in [0.4, 0.5) is 0 Å². The Morgan fingerprint density at radius 1 is 1.46 bits per heavy atom. The molecule has 0 radical (unpaired) electrons. The van der Waals surface area contributed by atoms with Crippen LogP contribution in [0.15, 0.2) is 4.99 Å². The summed E-state index contributed by atoms with van der Waals surface area (Å²) in [5, 5.41) is 0. The second-order valence-electron chi connectivity index (χ2n) is 2.61. The van der Waals surface area contributed by atoms with Crippen molar-refractivity contribution in [1.29, 1.82) is 0 Å². The normalized spacial score (nSPS) is 13.8. The predicted octanol–water partition coefficient (Wildman–Crippen LogP) is -1.50. The molecule has 0 aromatic heterocycles. The van der Waals surface area contributed by atoms with Crippen molar-refractivity contribution >= 4 is 13.6 Å². The van der Waals surface area contributed by atoms with Crippen LogP contribution in [0, 0.1) is 0 Å². The molecule has 0 rings (SSSR count). The number of nitrogens with two attached hydrogens (primary N) is 3. The highest BCUT2D eigenvalue weighted by Crippen LogP contribution is 2.39. The zero-order valence-electron chi connectivity index (χ0n) is 7.13. The van der Waals surface area contributed by atoms with Gasteiger partial charge in [-0.15, -0.1) is 0 Å². The Kier molecular flexibility index (Phi) is 4.94. The minimum Gasteiger partial charge on any atom is -0.370 e. The fourth-order valence-electron chi connectivity index (χ4n) is 0.677. The minimum absolute atomic E-state index is 0.0373. The smallest absolute Gasteiger partial charge is 0.342 e. The van der Waals surface area contributed by atoms with Gasteiger partial charge in [0.1, 0.15) is 5.78 Å². The minimum atomic E-state index is -4.15. The quantitative estimate of drug-likeness (QED) is 0.161. The zero-order chi connectivity index (χ0) is 10.5. The summed E-state index contributed by atoms with van der Waals surface area (Å²) in [6, 6.07) is 0. The first-order valence-corrected chi connectivity index (χ1v) is 5.38. The second kappa shape index (κ2) is 5.18. The third-order valence-corrected chi connectivity index (χ3v) is 2.51. The number of aliphatic imine (C=N–C) groups is 1. The molecule has 1 atom stereocenters. The van der Waals surface area contributed by atoms with Crippen LogP contribution in [0.1, 0.15) is 12.8 Å². The maximum Gasteiger partial charge on any atom is 0.342 e. The van der Waals surface area contributed by atoms with E-state index < -0.39 is 13.4 Å². The van der Waals surface area contributed by atoms with Crippen molar-refractivity contribution < 1.29 is 14.4 Å². The monoisotopic (exact) mass is 210 g/mol. The summed E-state index contributed by atoms with van der Waals surface area (Å²) in [7, 11) is -4.15. The molecule has 7 nitrogen and oxygen atoms in total. The van der Waals surface area contributed by atoms with Gasteiger partial charge in [0, 0.05) is 6.54 Å². The van der Waals surface area contributed by atoms with Crippen molar-refractivity contribution in [3.05, 3.63) is 0 Å². The molecule has 0 aliphatic carbocycles. The molecule has 0 unspecified atom stereocenters. The average molecular weight is 210 g/mol. The van der Waals surface area contributed by atoms with Crippen LogP contribution < -0.4 is 17.2 Å². The zero-order valence-corrected chi connectivity index (χ0v) is 8.02. The molecule has 0 saturated heterocycles. The van der Waals surface area contributed by atoms with Gasteiger partial charge >= 0.3 is 7.60 Å². The van der Waals surface area contributed by atoms with E-state index in [4.69, 9.17) is 27.0 Å². The van der Waals surface area contributed by atoms with Crippen molar-refractivity contribution in [3.63, 3.8) is 0 Å². The van der Waals surface area contributed by atoms with E-state index in [9.17, 15) is 4.57 Å². The number of nitrogens with zero attached hydrogens (tertiary/aromatic N) is 1. The van der Waals surface area contributed by atoms with Crippen molar-refractivity contribution in [1.82, 2.24) is 0 Å². The van der Waals surface area contributed by atoms with E-state index >= 15 is 0 Å². The van der Waals surface area contributed by atoms with Crippen molar-refractivity contribution in [2.24, 2.45) is 22.2 Å². The molecule has 0 heterocycles. The maximum absolute atomic E-state index is 10.5. The fraction of sp³-hybridized carbons (Fsp3) is 0.800. The Balaban J connectivity index is 3.67. The lowest BCUT2D eigenvalue weighted by Crippen LogP contribution is -2.23. The highest BCUT2D eigenvalue weighted by Gasteiger charge is 2.23. The van der Waals surface area contributed by atoms with Crippen LogP contribution in [0.5, 0.6) is 0 Å². The van der Waals surface area contributed by atoms with Gasteiger partial charge in [0.05, 0.1) is 0 Å². The number of rotatable bonds is 5. The lowest BCUT2D eigenvalue weighted by molar-refractivity contribution is 0.354. The van der Waals surface area contributed by atoms with Gasteiger partial charge in [-0.3, -0.25) is 9.56 Å². The van der Waals surface area contributed by atoms with Crippen molar-refractivity contribution in [2.75, 3.05) is 6.54 Å². The molecule has 13 heavy (non-hydrogen) atoms. The topological polar surface area (TPSA) is 148 Å². The number of guanidine groups is 1. The number of hydrogen-bond acceptors (Lipinski definition) is 3. The predicted molar refractivity (Wildman–Crippen MR) is 49.9 cm³/mol. The van der Waals surface area contributed by atoms with E-state index in [0.29, 0.717) is 13.0 Å². The molecule has 0 fully saturated rings. The molecule has 0 bridgehead atoms. The van der Waals surface area contributed by atoms with Gasteiger partial charge in [-0.25, -0.2) is 0 Å². The largest absolute Gasteiger partial charge is 0.370 e. The van der Waals surface area contributed by atoms with Crippen LogP contribution >= 0.6 is 7.60 Å². The summed E-state index contributed by atoms with van der Waals surface area (Å²) in [6.07, 6.45) is 0.644. The van der Waals surface area contributed by atoms with Crippen LogP contribution in [0.3, 0.4) is 0 Å².